The van der Waals surface area contributed by atoms with Gasteiger partial charge < -0.3 is 5.73 Å². The van der Waals surface area contributed by atoms with Crippen molar-refractivity contribution in [3.05, 3.63) is 42.2 Å². The SMILES string of the molecule is NC(c1cnnn1-c1ccccc1)C1CCCC1. The average molecular weight is 242 g/mol. The van der Waals surface area contributed by atoms with Gasteiger partial charge in [0.15, 0.2) is 0 Å². The molecule has 1 atom stereocenters. The molecule has 0 amide bonds. The van der Waals surface area contributed by atoms with E-state index in [4.69, 9.17) is 5.73 Å². The molecule has 0 spiro atoms. The largest absolute Gasteiger partial charge is 0.322 e. The number of hydrogen-bond acceptors (Lipinski definition) is 3. The van der Waals surface area contributed by atoms with E-state index in [1.54, 1.807) is 6.20 Å². The van der Waals surface area contributed by atoms with Crippen LogP contribution in [0.2, 0.25) is 0 Å². The smallest absolute Gasteiger partial charge is 0.0815 e. The molecule has 1 aromatic carbocycles. The minimum atomic E-state index is 0.0442. The first-order chi connectivity index (χ1) is 8.86. The summed E-state index contributed by atoms with van der Waals surface area (Å²) in [5, 5.41) is 8.19. The molecule has 18 heavy (non-hydrogen) atoms. The molecular formula is C14H18N4. The van der Waals surface area contributed by atoms with E-state index in [2.05, 4.69) is 10.3 Å². The van der Waals surface area contributed by atoms with E-state index in [9.17, 15) is 0 Å². The third kappa shape index (κ3) is 2.04. The van der Waals surface area contributed by atoms with Gasteiger partial charge in [-0.2, -0.15) is 0 Å². The molecule has 1 aliphatic carbocycles. The van der Waals surface area contributed by atoms with Crippen molar-refractivity contribution >= 4 is 0 Å². The molecule has 0 saturated heterocycles. The van der Waals surface area contributed by atoms with Gasteiger partial charge in [0, 0.05) is 0 Å². The van der Waals surface area contributed by atoms with Crippen molar-refractivity contribution in [2.45, 2.75) is 31.7 Å². The fourth-order valence-corrected chi connectivity index (χ4v) is 2.80. The highest BCUT2D eigenvalue weighted by Gasteiger charge is 2.26. The Hall–Kier alpha value is -1.68. The van der Waals surface area contributed by atoms with Crippen molar-refractivity contribution in [3.8, 4) is 5.69 Å². The molecule has 0 aliphatic heterocycles. The molecule has 1 aromatic heterocycles. The van der Waals surface area contributed by atoms with E-state index >= 15 is 0 Å². The lowest BCUT2D eigenvalue weighted by atomic mass is 9.96. The van der Waals surface area contributed by atoms with Crippen LogP contribution in [-0.2, 0) is 0 Å². The minimum absolute atomic E-state index is 0.0442. The lowest BCUT2D eigenvalue weighted by Gasteiger charge is -2.19. The van der Waals surface area contributed by atoms with Crippen LogP contribution in [0.25, 0.3) is 5.69 Å². The van der Waals surface area contributed by atoms with E-state index < -0.39 is 0 Å². The number of benzene rings is 1. The third-order valence-electron chi connectivity index (χ3n) is 3.83. The van der Waals surface area contributed by atoms with Gasteiger partial charge in [0.25, 0.3) is 0 Å². The van der Waals surface area contributed by atoms with Gasteiger partial charge in [0.2, 0.25) is 0 Å². The Morgan fingerprint density at radius 3 is 2.61 bits per heavy atom. The van der Waals surface area contributed by atoms with Gasteiger partial charge >= 0.3 is 0 Å². The Kier molecular flexibility index (Phi) is 3.11. The molecule has 0 radical (unpaired) electrons. The van der Waals surface area contributed by atoms with Crippen molar-refractivity contribution in [1.29, 1.82) is 0 Å². The summed E-state index contributed by atoms with van der Waals surface area (Å²) in [7, 11) is 0. The molecule has 1 unspecified atom stereocenters. The lowest BCUT2D eigenvalue weighted by Crippen LogP contribution is -2.22. The quantitative estimate of drug-likeness (QED) is 0.899. The highest BCUT2D eigenvalue weighted by atomic mass is 15.4. The van der Waals surface area contributed by atoms with Crippen LogP contribution in [0, 0.1) is 5.92 Å². The fourth-order valence-electron chi connectivity index (χ4n) is 2.80. The predicted molar refractivity (Wildman–Crippen MR) is 70.2 cm³/mol. The summed E-state index contributed by atoms with van der Waals surface area (Å²) in [5.74, 6) is 0.575. The van der Waals surface area contributed by atoms with Gasteiger partial charge in [0.05, 0.1) is 23.6 Å². The summed E-state index contributed by atoms with van der Waals surface area (Å²) in [6.07, 6.45) is 6.84. The van der Waals surface area contributed by atoms with E-state index in [1.807, 2.05) is 35.0 Å². The molecule has 1 aliphatic rings. The first-order valence-electron chi connectivity index (χ1n) is 6.58. The van der Waals surface area contributed by atoms with E-state index in [-0.39, 0.29) is 6.04 Å². The van der Waals surface area contributed by atoms with Crippen LogP contribution in [0.1, 0.15) is 37.4 Å². The molecule has 94 valence electrons. The first kappa shape index (κ1) is 11.4. The number of para-hydroxylation sites is 1. The summed E-state index contributed by atoms with van der Waals surface area (Å²) in [6, 6.07) is 10.1. The Bertz CT molecular complexity index is 500. The van der Waals surface area contributed by atoms with Crippen molar-refractivity contribution < 1.29 is 0 Å². The predicted octanol–water partition coefficient (Wildman–Crippen LogP) is 2.46. The number of rotatable bonds is 3. The second-order valence-electron chi connectivity index (χ2n) is 4.98. The Labute approximate surface area is 107 Å². The second-order valence-corrected chi connectivity index (χ2v) is 4.98. The summed E-state index contributed by atoms with van der Waals surface area (Å²) in [5.41, 5.74) is 8.43. The average Bonchev–Trinajstić information content (AvgIpc) is 3.10. The molecule has 4 nitrogen and oxygen atoms in total. The van der Waals surface area contributed by atoms with Crippen LogP contribution < -0.4 is 5.73 Å². The molecule has 1 saturated carbocycles. The number of aromatic nitrogens is 3. The molecular weight excluding hydrogens is 224 g/mol. The van der Waals surface area contributed by atoms with Crippen LogP contribution in [-0.4, -0.2) is 15.0 Å². The minimum Gasteiger partial charge on any atom is -0.322 e. The van der Waals surface area contributed by atoms with Crippen molar-refractivity contribution in [1.82, 2.24) is 15.0 Å². The number of hydrogen-bond donors (Lipinski definition) is 1. The van der Waals surface area contributed by atoms with Crippen LogP contribution in [0.5, 0.6) is 0 Å². The molecule has 2 N–H and O–H groups in total. The van der Waals surface area contributed by atoms with Gasteiger partial charge in [0.1, 0.15) is 0 Å². The Morgan fingerprint density at radius 2 is 1.89 bits per heavy atom. The van der Waals surface area contributed by atoms with Gasteiger partial charge in [-0.25, -0.2) is 4.68 Å². The summed E-state index contributed by atoms with van der Waals surface area (Å²) in [4.78, 5) is 0. The van der Waals surface area contributed by atoms with E-state index in [0.29, 0.717) is 5.92 Å². The third-order valence-corrected chi connectivity index (χ3v) is 3.83. The van der Waals surface area contributed by atoms with Crippen LogP contribution >= 0.6 is 0 Å². The fraction of sp³-hybridized carbons (Fsp3) is 0.429. The Morgan fingerprint density at radius 1 is 1.17 bits per heavy atom. The summed E-state index contributed by atoms with van der Waals surface area (Å²) >= 11 is 0. The van der Waals surface area contributed by atoms with E-state index in [1.165, 1.54) is 25.7 Å². The zero-order valence-electron chi connectivity index (χ0n) is 10.4. The zero-order valence-corrected chi connectivity index (χ0v) is 10.4. The zero-order chi connectivity index (χ0) is 12.4. The molecule has 0 bridgehead atoms. The molecule has 4 heteroatoms. The van der Waals surface area contributed by atoms with E-state index in [0.717, 1.165) is 11.4 Å². The lowest BCUT2D eigenvalue weighted by molar-refractivity contribution is 0.429. The standard InChI is InChI=1S/C14H18N4/c15-14(11-6-4-5-7-11)13-10-16-17-18(13)12-8-2-1-3-9-12/h1-3,8-11,14H,4-7,15H2. The first-order valence-corrected chi connectivity index (χ1v) is 6.58. The van der Waals surface area contributed by atoms with Gasteiger partial charge in [-0.05, 0) is 30.9 Å². The van der Waals surface area contributed by atoms with Crippen LogP contribution in [0.3, 0.4) is 0 Å². The summed E-state index contributed by atoms with van der Waals surface area (Å²) in [6.45, 7) is 0. The maximum absolute atomic E-state index is 6.38. The number of nitrogens with zero attached hydrogens (tertiary/aromatic N) is 3. The summed E-state index contributed by atoms with van der Waals surface area (Å²) < 4.78 is 1.86. The second kappa shape index (κ2) is 4.90. The maximum Gasteiger partial charge on any atom is 0.0815 e. The van der Waals surface area contributed by atoms with Crippen molar-refractivity contribution in [2.24, 2.45) is 11.7 Å². The van der Waals surface area contributed by atoms with Gasteiger partial charge in [-0.3, -0.25) is 0 Å². The van der Waals surface area contributed by atoms with Crippen LogP contribution in [0.4, 0.5) is 0 Å². The Balaban J connectivity index is 1.91. The molecule has 1 heterocycles. The highest BCUT2D eigenvalue weighted by Crippen LogP contribution is 2.34. The van der Waals surface area contributed by atoms with Crippen molar-refractivity contribution in [2.75, 3.05) is 0 Å². The van der Waals surface area contributed by atoms with Gasteiger partial charge in [-0.1, -0.05) is 36.3 Å². The molecule has 2 aromatic rings. The monoisotopic (exact) mass is 242 g/mol. The van der Waals surface area contributed by atoms with Gasteiger partial charge in [-0.15, -0.1) is 5.10 Å². The highest BCUT2D eigenvalue weighted by molar-refractivity contribution is 5.32. The maximum atomic E-state index is 6.38. The molecule has 3 rings (SSSR count). The number of nitrogens with two attached hydrogens (primary N) is 1. The van der Waals surface area contributed by atoms with Crippen molar-refractivity contribution in [3.63, 3.8) is 0 Å². The molecule has 1 fully saturated rings. The van der Waals surface area contributed by atoms with Crippen LogP contribution in [0.15, 0.2) is 36.5 Å². The normalized spacial score (nSPS) is 18.1. The topological polar surface area (TPSA) is 56.7 Å².